The van der Waals surface area contributed by atoms with E-state index in [-0.39, 0.29) is 29.6 Å². The van der Waals surface area contributed by atoms with Crippen LogP contribution in [-0.2, 0) is 23.4 Å². The van der Waals surface area contributed by atoms with Crippen molar-refractivity contribution in [3.8, 4) is 5.75 Å². The van der Waals surface area contributed by atoms with Crippen LogP contribution in [0, 0.1) is 10.1 Å². The standard InChI is InChI=1S/C25H29N6O10P/c1-3-38-25(34)20(16-7-5-4-6-8-16)29-42(37,41-18-11-9-17(10-12-18)31(35)36)39-13-19-21(32)22(33)24(40-19)30-14-27-23(28-30)15(2)26/h4-12,14,19-22,24,32-33H,2-3,13,26H2,1H3,(H,29,37)/t19-,20+,21-,22-,24-,42?/m1/s1. The molecule has 0 bridgehead atoms. The van der Waals surface area contributed by atoms with Gasteiger partial charge >= 0.3 is 13.7 Å². The lowest BCUT2D eigenvalue weighted by Crippen LogP contribution is -2.35. The molecule has 3 aromatic rings. The topological polar surface area (TPSA) is 223 Å². The Morgan fingerprint density at radius 2 is 1.93 bits per heavy atom. The normalized spacial score (nSPS) is 22.2. The number of aliphatic hydroxyl groups excluding tert-OH is 2. The van der Waals surface area contributed by atoms with Gasteiger partial charge in [0.05, 0.1) is 23.8 Å². The molecule has 1 unspecified atom stereocenters. The Kier molecular flexibility index (Phi) is 9.67. The maximum absolute atomic E-state index is 14.1. The highest BCUT2D eigenvalue weighted by molar-refractivity contribution is 7.52. The van der Waals surface area contributed by atoms with Crippen molar-refractivity contribution in [2.45, 2.75) is 37.5 Å². The molecule has 224 valence electrons. The number of nitro groups is 1. The first-order valence-electron chi connectivity index (χ1n) is 12.6. The Bertz CT molecular complexity index is 1450. The van der Waals surface area contributed by atoms with Gasteiger partial charge in [0, 0.05) is 12.1 Å². The van der Waals surface area contributed by atoms with Crippen LogP contribution in [0.3, 0.4) is 0 Å². The number of nitrogens with one attached hydrogen (secondary N) is 1. The zero-order valence-electron chi connectivity index (χ0n) is 22.3. The summed E-state index contributed by atoms with van der Waals surface area (Å²) in [5.41, 5.74) is 5.81. The maximum atomic E-state index is 14.1. The molecule has 1 aliphatic heterocycles. The third-order valence-corrected chi connectivity index (χ3v) is 7.53. The molecule has 4 rings (SSSR count). The number of hydrogen-bond acceptors (Lipinski definition) is 13. The van der Waals surface area contributed by atoms with Gasteiger partial charge in [0.15, 0.2) is 12.1 Å². The summed E-state index contributed by atoms with van der Waals surface area (Å²) in [6.07, 6.45) is -4.23. The predicted octanol–water partition coefficient (Wildman–Crippen LogP) is 1.83. The highest BCUT2D eigenvalue weighted by Gasteiger charge is 2.46. The van der Waals surface area contributed by atoms with Crippen molar-refractivity contribution in [1.29, 1.82) is 0 Å². The molecule has 42 heavy (non-hydrogen) atoms. The Balaban J connectivity index is 1.58. The number of benzene rings is 2. The van der Waals surface area contributed by atoms with E-state index in [4.69, 9.17) is 24.3 Å². The number of aromatic nitrogens is 3. The maximum Gasteiger partial charge on any atom is 0.459 e. The van der Waals surface area contributed by atoms with E-state index in [1.54, 1.807) is 37.3 Å². The van der Waals surface area contributed by atoms with Gasteiger partial charge < -0.3 is 29.9 Å². The smallest absolute Gasteiger partial charge is 0.459 e. The van der Waals surface area contributed by atoms with Gasteiger partial charge in [-0.25, -0.2) is 19.0 Å². The fraction of sp³-hybridized carbons (Fsp3) is 0.320. The number of carbonyl (C=O) groups is 1. The fourth-order valence-electron chi connectivity index (χ4n) is 3.95. The number of ether oxygens (including phenoxy) is 2. The summed E-state index contributed by atoms with van der Waals surface area (Å²) >= 11 is 0. The first kappa shape index (κ1) is 30.8. The SMILES string of the molecule is C=C(N)c1ncn([C@@H]2O[C@H](COP(=O)(N[C@H](C(=O)OCC)c3ccccc3)Oc3ccc([N+](=O)[O-])cc3)[C@@H](O)[C@H]2O)n1. The second-order valence-electron chi connectivity index (χ2n) is 8.98. The molecule has 1 fully saturated rings. The van der Waals surface area contributed by atoms with E-state index in [0.29, 0.717) is 5.56 Å². The number of nitrogens with two attached hydrogens (primary N) is 1. The molecular formula is C25H29N6O10P. The second kappa shape index (κ2) is 13.2. The molecule has 0 radical (unpaired) electrons. The van der Waals surface area contributed by atoms with Crippen molar-refractivity contribution in [2.24, 2.45) is 5.73 Å². The van der Waals surface area contributed by atoms with Gasteiger partial charge in [0.2, 0.25) is 0 Å². The quantitative estimate of drug-likeness (QED) is 0.0946. The van der Waals surface area contributed by atoms with Crippen molar-refractivity contribution in [1.82, 2.24) is 19.9 Å². The minimum atomic E-state index is -4.53. The van der Waals surface area contributed by atoms with E-state index in [2.05, 4.69) is 21.7 Å². The lowest BCUT2D eigenvalue weighted by Gasteiger charge is -2.26. The van der Waals surface area contributed by atoms with Gasteiger partial charge in [-0.2, -0.15) is 5.09 Å². The molecule has 0 amide bonds. The fourth-order valence-corrected chi connectivity index (χ4v) is 5.44. The highest BCUT2D eigenvalue weighted by atomic mass is 31.2. The van der Waals surface area contributed by atoms with Crippen molar-refractivity contribution in [2.75, 3.05) is 13.2 Å². The number of carbonyl (C=O) groups excluding carboxylic acids is 1. The van der Waals surface area contributed by atoms with Crippen LogP contribution in [0.5, 0.6) is 5.75 Å². The van der Waals surface area contributed by atoms with Crippen LogP contribution in [-0.4, -0.2) is 67.4 Å². The van der Waals surface area contributed by atoms with Crippen LogP contribution in [0.25, 0.3) is 5.70 Å². The third-order valence-electron chi connectivity index (χ3n) is 6.02. The number of nitro benzene ring substituents is 1. The van der Waals surface area contributed by atoms with Gasteiger partial charge in [-0.15, -0.1) is 5.10 Å². The van der Waals surface area contributed by atoms with E-state index in [1.807, 2.05) is 0 Å². The van der Waals surface area contributed by atoms with Crippen LogP contribution in [0.15, 0.2) is 67.5 Å². The first-order valence-corrected chi connectivity index (χ1v) is 14.1. The molecular weight excluding hydrogens is 575 g/mol. The summed E-state index contributed by atoms with van der Waals surface area (Å²) in [5, 5.41) is 38.9. The van der Waals surface area contributed by atoms with E-state index in [9.17, 15) is 29.7 Å². The summed E-state index contributed by atoms with van der Waals surface area (Å²) in [6, 6.07) is 11.6. The lowest BCUT2D eigenvalue weighted by atomic mass is 10.1. The molecule has 17 heteroatoms. The number of hydrogen-bond donors (Lipinski definition) is 4. The van der Waals surface area contributed by atoms with E-state index in [1.165, 1.54) is 18.5 Å². The van der Waals surface area contributed by atoms with E-state index in [0.717, 1.165) is 16.8 Å². The first-order chi connectivity index (χ1) is 20.0. The minimum Gasteiger partial charge on any atom is -0.465 e. The van der Waals surface area contributed by atoms with E-state index < -0.39 is 55.8 Å². The molecule has 16 nitrogen and oxygen atoms in total. The summed E-state index contributed by atoms with van der Waals surface area (Å²) < 4.78 is 37.4. The van der Waals surface area contributed by atoms with Crippen LogP contribution in [0.1, 0.15) is 30.6 Å². The molecule has 5 N–H and O–H groups in total. The van der Waals surface area contributed by atoms with Gasteiger partial charge in [0.25, 0.3) is 5.69 Å². The third kappa shape index (κ3) is 7.17. The molecule has 1 aromatic heterocycles. The molecule has 2 aromatic carbocycles. The van der Waals surface area contributed by atoms with Crippen LogP contribution < -0.4 is 15.3 Å². The zero-order chi connectivity index (χ0) is 30.4. The Morgan fingerprint density at radius 1 is 1.24 bits per heavy atom. The van der Waals surface area contributed by atoms with Crippen LogP contribution >= 0.6 is 7.75 Å². The molecule has 0 aliphatic carbocycles. The molecule has 1 aliphatic rings. The summed E-state index contributed by atoms with van der Waals surface area (Å²) in [6.45, 7) is 4.57. The zero-order valence-corrected chi connectivity index (χ0v) is 23.1. The van der Waals surface area contributed by atoms with Gasteiger partial charge in [0.1, 0.15) is 36.4 Å². The lowest BCUT2D eigenvalue weighted by molar-refractivity contribution is -0.384. The predicted molar refractivity (Wildman–Crippen MR) is 145 cm³/mol. The number of non-ortho nitro benzene ring substituents is 1. The number of aliphatic hydroxyl groups is 2. The van der Waals surface area contributed by atoms with Crippen molar-refractivity contribution in [3.63, 3.8) is 0 Å². The average Bonchev–Trinajstić information content (AvgIpc) is 3.57. The van der Waals surface area contributed by atoms with Gasteiger partial charge in [-0.3, -0.25) is 14.6 Å². The molecule has 1 saturated heterocycles. The van der Waals surface area contributed by atoms with Gasteiger partial charge in [-0.05, 0) is 24.6 Å². The highest BCUT2D eigenvalue weighted by Crippen LogP contribution is 2.48. The monoisotopic (exact) mass is 604 g/mol. The van der Waals surface area contributed by atoms with Crippen LogP contribution in [0.2, 0.25) is 0 Å². The number of rotatable bonds is 13. The van der Waals surface area contributed by atoms with Crippen molar-refractivity contribution < 1.29 is 43.0 Å². The molecule has 0 spiro atoms. The number of esters is 1. The summed E-state index contributed by atoms with van der Waals surface area (Å²) in [5.74, 6) is -0.776. The summed E-state index contributed by atoms with van der Waals surface area (Å²) in [7, 11) is -4.53. The Labute approximate surface area is 239 Å². The number of nitrogens with zero attached hydrogens (tertiary/aromatic N) is 4. The summed E-state index contributed by atoms with van der Waals surface area (Å²) in [4.78, 5) is 27.3. The second-order valence-corrected chi connectivity index (χ2v) is 10.7. The Hall–Kier alpha value is -4.18. The average molecular weight is 605 g/mol. The largest absolute Gasteiger partial charge is 0.465 e. The Morgan fingerprint density at radius 3 is 2.52 bits per heavy atom. The van der Waals surface area contributed by atoms with E-state index >= 15 is 0 Å². The molecule has 6 atom stereocenters. The van der Waals surface area contributed by atoms with Crippen LogP contribution in [0.4, 0.5) is 5.69 Å². The van der Waals surface area contributed by atoms with Gasteiger partial charge in [-0.1, -0.05) is 36.9 Å². The van der Waals surface area contributed by atoms with Crippen molar-refractivity contribution >= 4 is 25.1 Å². The molecule has 0 saturated carbocycles. The van der Waals surface area contributed by atoms with Crippen molar-refractivity contribution in [3.05, 3.63) is 89.0 Å². The minimum absolute atomic E-state index is 0.0289. The molecule has 2 heterocycles.